The van der Waals surface area contributed by atoms with Crippen LogP contribution in [0.1, 0.15) is 112 Å². The summed E-state index contributed by atoms with van der Waals surface area (Å²) in [4.78, 5) is 2.49. The highest BCUT2D eigenvalue weighted by Gasteiger charge is 2.38. The van der Waals surface area contributed by atoms with Crippen LogP contribution in [0.25, 0.3) is 44.2 Å². The fourth-order valence-electron chi connectivity index (χ4n) is 10.6. The third kappa shape index (κ3) is 6.26. The third-order valence-electron chi connectivity index (χ3n) is 13.7. The topological polar surface area (TPSA) is 3.24 Å². The van der Waals surface area contributed by atoms with Crippen LogP contribution in [0.5, 0.6) is 0 Å². The van der Waals surface area contributed by atoms with Crippen molar-refractivity contribution in [1.82, 2.24) is 0 Å². The molecule has 0 aliphatic heterocycles. The van der Waals surface area contributed by atoms with Gasteiger partial charge in [0.1, 0.15) is 0 Å². The number of anilines is 3. The summed E-state index contributed by atoms with van der Waals surface area (Å²) in [6.45, 7) is 4.89. The van der Waals surface area contributed by atoms with Gasteiger partial charge in [-0.3, -0.25) is 0 Å². The first-order valence-electron chi connectivity index (χ1n) is 21.4. The van der Waals surface area contributed by atoms with Gasteiger partial charge < -0.3 is 4.90 Å². The van der Waals surface area contributed by atoms with Crippen molar-refractivity contribution in [2.45, 2.75) is 95.3 Å². The lowest BCUT2D eigenvalue weighted by Crippen LogP contribution is -2.17. The number of hydrogen-bond donors (Lipinski definition) is 0. The van der Waals surface area contributed by atoms with Gasteiger partial charge >= 0.3 is 0 Å². The fraction of sp³-hybridized carbons (Fsp3) is 0.273. The molecule has 56 heavy (non-hydrogen) atoms. The van der Waals surface area contributed by atoms with Gasteiger partial charge in [-0.2, -0.15) is 0 Å². The van der Waals surface area contributed by atoms with E-state index in [1.165, 1.54) is 142 Å². The van der Waals surface area contributed by atoms with Crippen molar-refractivity contribution in [2.75, 3.05) is 4.90 Å². The van der Waals surface area contributed by atoms with Gasteiger partial charge in [0.05, 0.1) is 0 Å². The summed E-state index contributed by atoms with van der Waals surface area (Å²) in [6, 6.07) is 57.7. The predicted molar refractivity (Wildman–Crippen MR) is 239 cm³/mol. The standard InChI is InChI=1S/C55H53N/c1-55(2)52-24-14-23-48(40-17-8-4-9-18-40)54(52)49-34-33-47(37-53(49)55)56(45-29-25-39(26-30-45)38-15-6-3-7-16-38)46-31-27-42(28-32-46)51-36-44-22-13-12-21-43(44)35-50(51)41-19-10-5-11-20-41/h5,10-14,19-38,40H,3-4,6-9,15-18H2,1-2H3. The van der Waals surface area contributed by atoms with Gasteiger partial charge in [0.15, 0.2) is 0 Å². The van der Waals surface area contributed by atoms with E-state index >= 15 is 0 Å². The molecule has 2 fully saturated rings. The Balaban J connectivity index is 1.08. The highest BCUT2D eigenvalue weighted by molar-refractivity contribution is 5.97. The zero-order chi connectivity index (χ0) is 37.6. The Morgan fingerprint density at radius 2 is 0.982 bits per heavy atom. The first-order valence-corrected chi connectivity index (χ1v) is 21.4. The lowest BCUT2D eigenvalue weighted by atomic mass is 9.78. The predicted octanol–water partition coefficient (Wildman–Crippen LogP) is 16.0. The molecule has 7 aromatic carbocycles. The van der Waals surface area contributed by atoms with Crippen LogP contribution in [0.15, 0.2) is 152 Å². The van der Waals surface area contributed by atoms with E-state index in [0.29, 0.717) is 11.8 Å². The van der Waals surface area contributed by atoms with Crippen molar-refractivity contribution < 1.29 is 0 Å². The van der Waals surface area contributed by atoms with Crippen LogP contribution >= 0.6 is 0 Å². The summed E-state index contributed by atoms with van der Waals surface area (Å²) in [5.74, 6) is 1.35. The molecule has 0 radical (unpaired) electrons. The summed E-state index contributed by atoms with van der Waals surface area (Å²) in [5.41, 5.74) is 17.5. The number of nitrogens with zero attached hydrogens (tertiary/aromatic N) is 1. The molecule has 7 aromatic rings. The number of rotatable bonds is 7. The van der Waals surface area contributed by atoms with Gasteiger partial charge in [-0.1, -0.05) is 156 Å². The van der Waals surface area contributed by atoms with Gasteiger partial charge in [-0.05, 0) is 152 Å². The summed E-state index contributed by atoms with van der Waals surface area (Å²) in [6.07, 6.45) is 13.4. The van der Waals surface area contributed by atoms with E-state index in [2.05, 4.69) is 170 Å². The zero-order valence-electron chi connectivity index (χ0n) is 33.1. The lowest BCUT2D eigenvalue weighted by molar-refractivity contribution is 0.443. The first kappa shape index (κ1) is 35.0. The van der Waals surface area contributed by atoms with Crippen LogP contribution in [0.4, 0.5) is 17.1 Å². The molecule has 0 N–H and O–H groups in total. The van der Waals surface area contributed by atoms with E-state index in [4.69, 9.17) is 0 Å². The molecule has 278 valence electrons. The van der Waals surface area contributed by atoms with Crippen molar-refractivity contribution in [3.63, 3.8) is 0 Å². The number of fused-ring (bicyclic) bond motifs is 4. The van der Waals surface area contributed by atoms with E-state index in [1.54, 1.807) is 5.56 Å². The number of hydrogen-bond acceptors (Lipinski definition) is 1. The molecule has 10 rings (SSSR count). The fourth-order valence-corrected chi connectivity index (χ4v) is 10.6. The second-order valence-electron chi connectivity index (χ2n) is 17.4. The van der Waals surface area contributed by atoms with E-state index in [1.807, 2.05) is 0 Å². The van der Waals surface area contributed by atoms with E-state index in [9.17, 15) is 0 Å². The molecule has 3 aliphatic rings. The highest BCUT2D eigenvalue weighted by Crippen LogP contribution is 2.54. The second-order valence-corrected chi connectivity index (χ2v) is 17.4. The Hall–Kier alpha value is -5.40. The zero-order valence-corrected chi connectivity index (χ0v) is 33.1. The molecule has 0 atom stereocenters. The van der Waals surface area contributed by atoms with Gasteiger partial charge in [0, 0.05) is 22.5 Å². The lowest BCUT2D eigenvalue weighted by Gasteiger charge is -2.29. The van der Waals surface area contributed by atoms with Crippen molar-refractivity contribution in [3.05, 3.63) is 174 Å². The normalized spacial score (nSPS) is 16.8. The smallest absolute Gasteiger partial charge is 0.0465 e. The molecular formula is C55H53N. The molecule has 0 spiro atoms. The molecule has 0 bridgehead atoms. The minimum Gasteiger partial charge on any atom is -0.310 e. The Bertz CT molecular complexity index is 2490. The van der Waals surface area contributed by atoms with E-state index < -0.39 is 0 Å². The Labute approximate surface area is 334 Å². The molecule has 0 aromatic heterocycles. The maximum Gasteiger partial charge on any atom is 0.0465 e. The SMILES string of the molecule is CC1(C)c2cc(N(c3ccc(-c4cc5ccccc5cc4-c4ccccc4)cc3)c3ccc(C4CCCCC4)cc3)ccc2-c2c(C3CCCCC3)cccc21. The second kappa shape index (κ2) is 14.6. The molecule has 0 amide bonds. The van der Waals surface area contributed by atoms with E-state index in [0.717, 1.165) is 0 Å². The van der Waals surface area contributed by atoms with Gasteiger partial charge in [0.2, 0.25) is 0 Å². The number of benzene rings is 7. The van der Waals surface area contributed by atoms with Crippen molar-refractivity contribution in [3.8, 4) is 33.4 Å². The first-order chi connectivity index (χ1) is 27.5. The average Bonchev–Trinajstić information content (AvgIpc) is 3.50. The van der Waals surface area contributed by atoms with Crippen LogP contribution in [-0.2, 0) is 5.41 Å². The Morgan fingerprint density at radius 1 is 0.429 bits per heavy atom. The molecule has 2 saturated carbocycles. The van der Waals surface area contributed by atoms with Crippen LogP contribution in [0, 0.1) is 0 Å². The van der Waals surface area contributed by atoms with Gasteiger partial charge in [-0.25, -0.2) is 0 Å². The van der Waals surface area contributed by atoms with Gasteiger partial charge in [-0.15, -0.1) is 0 Å². The summed E-state index contributed by atoms with van der Waals surface area (Å²) < 4.78 is 0. The maximum atomic E-state index is 2.51. The molecule has 1 nitrogen and oxygen atoms in total. The van der Waals surface area contributed by atoms with Crippen molar-refractivity contribution in [1.29, 1.82) is 0 Å². The highest BCUT2D eigenvalue weighted by atomic mass is 15.1. The summed E-state index contributed by atoms with van der Waals surface area (Å²) in [5, 5.41) is 2.53. The van der Waals surface area contributed by atoms with Gasteiger partial charge in [0.25, 0.3) is 0 Å². The van der Waals surface area contributed by atoms with Crippen molar-refractivity contribution >= 4 is 27.8 Å². The molecule has 1 heteroatoms. The Morgan fingerprint density at radius 3 is 1.62 bits per heavy atom. The molecule has 0 unspecified atom stereocenters. The third-order valence-corrected chi connectivity index (χ3v) is 13.7. The molecular weight excluding hydrogens is 675 g/mol. The minimum absolute atomic E-state index is 0.0738. The molecule has 3 aliphatic carbocycles. The summed E-state index contributed by atoms with van der Waals surface area (Å²) in [7, 11) is 0. The monoisotopic (exact) mass is 727 g/mol. The minimum atomic E-state index is -0.0738. The average molecular weight is 728 g/mol. The van der Waals surface area contributed by atoms with E-state index in [-0.39, 0.29) is 5.41 Å². The quantitative estimate of drug-likeness (QED) is 0.158. The Kier molecular flexibility index (Phi) is 9.13. The largest absolute Gasteiger partial charge is 0.310 e. The van der Waals surface area contributed by atoms with Crippen LogP contribution in [0.2, 0.25) is 0 Å². The van der Waals surface area contributed by atoms with Crippen molar-refractivity contribution in [2.24, 2.45) is 0 Å². The van der Waals surface area contributed by atoms with Crippen LogP contribution in [0.3, 0.4) is 0 Å². The van der Waals surface area contributed by atoms with Crippen LogP contribution in [-0.4, -0.2) is 0 Å². The summed E-state index contributed by atoms with van der Waals surface area (Å²) >= 11 is 0. The van der Waals surface area contributed by atoms with Crippen LogP contribution < -0.4 is 4.90 Å². The molecule has 0 heterocycles. The maximum absolute atomic E-state index is 2.51. The molecule has 0 saturated heterocycles.